The lowest BCUT2D eigenvalue weighted by Gasteiger charge is -2.15. The molecule has 0 saturated heterocycles. The number of hydrogen-bond donors (Lipinski definition) is 1. The van der Waals surface area contributed by atoms with Crippen molar-refractivity contribution < 1.29 is 14.2 Å². The summed E-state index contributed by atoms with van der Waals surface area (Å²) in [5.41, 5.74) is 1.07. The minimum atomic E-state index is 0.439. The molecule has 0 aliphatic heterocycles. The Labute approximate surface area is 108 Å². The monoisotopic (exact) mass is 249 g/mol. The lowest BCUT2D eigenvalue weighted by molar-refractivity contribution is 0.280. The van der Waals surface area contributed by atoms with Crippen LogP contribution in [0, 0.1) is 12.3 Å². The van der Waals surface area contributed by atoms with Gasteiger partial charge in [0.15, 0.2) is 11.5 Å². The first kappa shape index (κ1) is 14.2. The highest BCUT2D eigenvalue weighted by Crippen LogP contribution is 2.38. The highest BCUT2D eigenvalue weighted by molar-refractivity contribution is 5.53. The van der Waals surface area contributed by atoms with Crippen molar-refractivity contribution in [1.29, 1.82) is 0 Å². The zero-order valence-electron chi connectivity index (χ0n) is 11.1. The van der Waals surface area contributed by atoms with Crippen LogP contribution in [0.1, 0.15) is 12.0 Å². The second-order valence-electron chi connectivity index (χ2n) is 3.66. The van der Waals surface area contributed by atoms with E-state index in [0.717, 1.165) is 12.1 Å². The van der Waals surface area contributed by atoms with Gasteiger partial charge in [0.05, 0.1) is 20.8 Å². The van der Waals surface area contributed by atoms with Gasteiger partial charge in [-0.3, -0.25) is 0 Å². The fourth-order valence-electron chi connectivity index (χ4n) is 1.59. The molecule has 0 unspecified atom stereocenters. The smallest absolute Gasteiger partial charge is 0.203 e. The molecule has 0 radical (unpaired) electrons. The van der Waals surface area contributed by atoms with Crippen molar-refractivity contribution in [2.24, 2.45) is 0 Å². The zero-order valence-corrected chi connectivity index (χ0v) is 11.1. The topological polar surface area (TPSA) is 39.7 Å². The molecule has 4 nitrogen and oxygen atoms in total. The summed E-state index contributed by atoms with van der Waals surface area (Å²) in [5, 5.41) is 3.08. The number of ether oxygens (including phenoxy) is 3. The Morgan fingerprint density at radius 2 is 1.83 bits per heavy atom. The summed E-state index contributed by atoms with van der Waals surface area (Å²) in [5.74, 6) is 4.42. The molecule has 1 rings (SSSR count). The van der Waals surface area contributed by atoms with Crippen LogP contribution in [0.4, 0.5) is 0 Å². The van der Waals surface area contributed by atoms with Crippen LogP contribution < -0.4 is 19.5 Å². The van der Waals surface area contributed by atoms with Gasteiger partial charge in [0.1, 0.15) is 0 Å². The Bertz CT molecular complexity index is 399. The van der Waals surface area contributed by atoms with Crippen molar-refractivity contribution in [3.63, 3.8) is 0 Å². The molecule has 98 valence electrons. The molecule has 1 N–H and O–H groups in total. The predicted molar refractivity (Wildman–Crippen MR) is 71.3 cm³/mol. The fraction of sp³-hybridized carbons (Fsp3) is 0.429. The van der Waals surface area contributed by atoms with Crippen LogP contribution in [0.5, 0.6) is 17.2 Å². The second-order valence-corrected chi connectivity index (χ2v) is 3.66. The molecule has 0 bridgehead atoms. The molecule has 0 heterocycles. The van der Waals surface area contributed by atoms with Crippen molar-refractivity contribution in [2.45, 2.75) is 13.0 Å². The van der Waals surface area contributed by atoms with Gasteiger partial charge in [-0.05, 0) is 24.7 Å². The SMILES string of the molecule is C#CCCOc1c(OC)cc(CNC)cc1OC. The van der Waals surface area contributed by atoms with Crippen molar-refractivity contribution in [3.05, 3.63) is 17.7 Å². The summed E-state index contributed by atoms with van der Waals surface area (Å²) in [7, 11) is 5.09. The molecular formula is C14H19NO3. The molecule has 0 atom stereocenters. The average Bonchev–Trinajstić information content (AvgIpc) is 2.40. The first-order valence-corrected chi connectivity index (χ1v) is 5.72. The van der Waals surface area contributed by atoms with E-state index in [-0.39, 0.29) is 0 Å². The van der Waals surface area contributed by atoms with Gasteiger partial charge < -0.3 is 19.5 Å². The second kappa shape index (κ2) is 7.46. The number of hydrogen-bond acceptors (Lipinski definition) is 4. The van der Waals surface area contributed by atoms with Crippen molar-refractivity contribution >= 4 is 0 Å². The van der Waals surface area contributed by atoms with Crippen molar-refractivity contribution in [3.8, 4) is 29.6 Å². The third-order valence-electron chi connectivity index (χ3n) is 2.39. The molecule has 0 fully saturated rings. The van der Waals surface area contributed by atoms with E-state index in [1.165, 1.54) is 0 Å². The van der Waals surface area contributed by atoms with E-state index in [1.807, 2.05) is 19.2 Å². The van der Waals surface area contributed by atoms with Crippen LogP contribution in [-0.4, -0.2) is 27.9 Å². The van der Waals surface area contributed by atoms with Gasteiger partial charge in [0.2, 0.25) is 5.75 Å². The normalized spacial score (nSPS) is 9.67. The number of methoxy groups -OCH3 is 2. The van der Waals surface area contributed by atoms with Gasteiger partial charge in [-0.1, -0.05) is 0 Å². The van der Waals surface area contributed by atoms with Gasteiger partial charge in [-0.25, -0.2) is 0 Å². The lowest BCUT2D eigenvalue weighted by Crippen LogP contribution is -2.07. The molecule has 1 aromatic rings. The molecule has 0 aliphatic carbocycles. The molecule has 0 saturated carbocycles. The Balaban J connectivity index is 3.01. The van der Waals surface area contributed by atoms with Crippen LogP contribution in [0.3, 0.4) is 0 Å². The molecule has 0 spiro atoms. The van der Waals surface area contributed by atoms with Crippen LogP contribution in [-0.2, 0) is 6.54 Å². The molecule has 1 aromatic carbocycles. The van der Waals surface area contributed by atoms with Crippen LogP contribution >= 0.6 is 0 Å². The molecule has 0 aromatic heterocycles. The van der Waals surface area contributed by atoms with Crippen LogP contribution in [0.15, 0.2) is 12.1 Å². The Morgan fingerprint density at radius 1 is 1.22 bits per heavy atom. The zero-order chi connectivity index (χ0) is 13.4. The maximum atomic E-state index is 5.61. The minimum Gasteiger partial charge on any atom is -0.493 e. The summed E-state index contributed by atoms with van der Waals surface area (Å²) in [4.78, 5) is 0. The summed E-state index contributed by atoms with van der Waals surface area (Å²) < 4.78 is 16.3. The quantitative estimate of drug-likeness (QED) is 0.591. The highest BCUT2D eigenvalue weighted by Gasteiger charge is 2.13. The standard InChI is InChI=1S/C14H19NO3/c1-5-6-7-18-14-12(16-3)8-11(10-15-2)9-13(14)17-4/h1,8-9,15H,6-7,10H2,2-4H3. The Kier molecular flexibility index (Phi) is 5.89. The average molecular weight is 249 g/mol. The molecule has 4 heteroatoms. The Morgan fingerprint density at radius 3 is 2.28 bits per heavy atom. The fourth-order valence-corrected chi connectivity index (χ4v) is 1.59. The molecular weight excluding hydrogens is 230 g/mol. The number of terminal acetylenes is 1. The van der Waals surface area contributed by atoms with Gasteiger partial charge in [0, 0.05) is 13.0 Å². The van der Waals surface area contributed by atoms with Gasteiger partial charge in [-0.2, -0.15) is 0 Å². The van der Waals surface area contributed by atoms with E-state index < -0.39 is 0 Å². The van der Waals surface area contributed by atoms with Crippen molar-refractivity contribution in [2.75, 3.05) is 27.9 Å². The number of nitrogens with one attached hydrogen (secondary N) is 1. The number of benzene rings is 1. The van der Waals surface area contributed by atoms with E-state index in [0.29, 0.717) is 30.3 Å². The summed E-state index contributed by atoms with van der Waals surface area (Å²) in [6, 6.07) is 3.84. The predicted octanol–water partition coefficient (Wildman–Crippen LogP) is 1.83. The first-order valence-electron chi connectivity index (χ1n) is 5.72. The van der Waals surface area contributed by atoms with E-state index >= 15 is 0 Å². The lowest BCUT2D eigenvalue weighted by atomic mass is 10.2. The first-order chi connectivity index (χ1) is 8.76. The van der Waals surface area contributed by atoms with Crippen molar-refractivity contribution in [1.82, 2.24) is 5.32 Å². The van der Waals surface area contributed by atoms with Crippen LogP contribution in [0.25, 0.3) is 0 Å². The van der Waals surface area contributed by atoms with E-state index in [1.54, 1.807) is 14.2 Å². The Hall–Kier alpha value is -1.86. The van der Waals surface area contributed by atoms with E-state index in [9.17, 15) is 0 Å². The molecule has 18 heavy (non-hydrogen) atoms. The molecule has 0 amide bonds. The van der Waals surface area contributed by atoms with E-state index in [4.69, 9.17) is 20.6 Å². The number of rotatable bonds is 7. The van der Waals surface area contributed by atoms with Gasteiger partial charge in [-0.15, -0.1) is 12.3 Å². The van der Waals surface area contributed by atoms with Gasteiger partial charge >= 0.3 is 0 Å². The van der Waals surface area contributed by atoms with Crippen LogP contribution in [0.2, 0.25) is 0 Å². The van der Waals surface area contributed by atoms with Gasteiger partial charge in [0.25, 0.3) is 0 Å². The minimum absolute atomic E-state index is 0.439. The largest absolute Gasteiger partial charge is 0.493 e. The molecule has 0 aliphatic rings. The third-order valence-corrected chi connectivity index (χ3v) is 2.39. The maximum absolute atomic E-state index is 5.61. The summed E-state index contributed by atoms with van der Waals surface area (Å²) in [6.07, 6.45) is 5.74. The highest BCUT2D eigenvalue weighted by atomic mass is 16.5. The summed E-state index contributed by atoms with van der Waals surface area (Å²) >= 11 is 0. The third kappa shape index (κ3) is 3.57. The maximum Gasteiger partial charge on any atom is 0.203 e. The summed E-state index contributed by atoms with van der Waals surface area (Å²) in [6.45, 7) is 1.17. The van der Waals surface area contributed by atoms with E-state index in [2.05, 4.69) is 11.2 Å².